The average molecular weight is 284 g/mol. The van der Waals surface area contributed by atoms with Crippen LogP contribution in [0.2, 0.25) is 0 Å². The van der Waals surface area contributed by atoms with E-state index in [0.717, 1.165) is 16.8 Å². The summed E-state index contributed by atoms with van der Waals surface area (Å²) in [4.78, 5) is 10.7. The Bertz CT molecular complexity index is 841. The van der Waals surface area contributed by atoms with Crippen LogP contribution in [0.4, 0.5) is 17.1 Å². The first-order valence-corrected chi connectivity index (χ1v) is 6.30. The molecule has 1 N–H and O–H groups in total. The highest BCUT2D eigenvalue weighted by Gasteiger charge is 2.20. The van der Waals surface area contributed by atoms with Crippen LogP contribution in [-0.4, -0.2) is 15.2 Å². The summed E-state index contributed by atoms with van der Waals surface area (Å²) in [6, 6.07) is 8.62. The molecule has 0 aliphatic rings. The monoisotopic (exact) mass is 284 g/mol. The smallest absolute Gasteiger partial charge is 0.295 e. The molecule has 0 aliphatic heterocycles. The number of hydrogen-bond donors (Lipinski definition) is 1. The maximum Gasteiger partial charge on any atom is 0.295 e. The second-order valence-corrected chi connectivity index (χ2v) is 4.77. The van der Waals surface area contributed by atoms with Crippen molar-refractivity contribution in [3.05, 3.63) is 51.6 Å². The van der Waals surface area contributed by atoms with Crippen molar-refractivity contribution in [3.8, 4) is 0 Å². The van der Waals surface area contributed by atoms with Crippen molar-refractivity contribution in [3.63, 3.8) is 0 Å². The summed E-state index contributed by atoms with van der Waals surface area (Å²) in [5, 5.41) is 21.7. The number of fused-ring (bicyclic) bond motifs is 1. The predicted molar refractivity (Wildman–Crippen MR) is 77.7 cm³/mol. The number of nitrogens with zero attached hydrogens (tertiary/aromatic N) is 3. The Balaban J connectivity index is 2.13. The number of anilines is 2. The van der Waals surface area contributed by atoms with Crippen molar-refractivity contribution in [2.45, 2.75) is 13.8 Å². The summed E-state index contributed by atoms with van der Waals surface area (Å²) in [6.45, 7) is 3.98. The van der Waals surface area contributed by atoms with Crippen LogP contribution in [0.1, 0.15) is 11.1 Å². The first kappa shape index (κ1) is 13.0. The zero-order chi connectivity index (χ0) is 15.0. The number of benzene rings is 2. The van der Waals surface area contributed by atoms with Gasteiger partial charge in [0.25, 0.3) is 5.69 Å². The van der Waals surface area contributed by atoms with Crippen LogP contribution in [0.3, 0.4) is 0 Å². The fraction of sp³-hybridized carbons (Fsp3) is 0.143. The minimum atomic E-state index is -0.461. The van der Waals surface area contributed by atoms with Crippen LogP contribution in [0.5, 0.6) is 0 Å². The van der Waals surface area contributed by atoms with E-state index in [4.69, 9.17) is 0 Å². The molecule has 7 heteroatoms. The Hall–Kier alpha value is -2.96. The third-order valence-electron chi connectivity index (χ3n) is 3.38. The first-order valence-electron chi connectivity index (χ1n) is 6.30. The molecule has 1 heterocycles. The van der Waals surface area contributed by atoms with Gasteiger partial charge in [-0.3, -0.25) is 10.1 Å². The van der Waals surface area contributed by atoms with E-state index in [1.54, 1.807) is 0 Å². The van der Waals surface area contributed by atoms with Gasteiger partial charge in [0.2, 0.25) is 0 Å². The van der Waals surface area contributed by atoms with Crippen molar-refractivity contribution in [1.82, 2.24) is 10.3 Å². The molecule has 0 saturated carbocycles. The van der Waals surface area contributed by atoms with Gasteiger partial charge in [-0.05, 0) is 53.5 Å². The molecule has 0 radical (unpaired) electrons. The van der Waals surface area contributed by atoms with Gasteiger partial charge in [-0.2, -0.15) is 0 Å². The topological polar surface area (TPSA) is 94.1 Å². The number of aryl methyl sites for hydroxylation is 2. The van der Waals surface area contributed by atoms with Crippen molar-refractivity contribution < 1.29 is 9.55 Å². The lowest BCUT2D eigenvalue weighted by atomic mass is 10.1. The van der Waals surface area contributed by atoms with E-state index in [2.05, 4.69) is 20.3 Å². The predicted octanol–water partition coefficient (Wildman–Crippen LogP) is 3.49. The summed E-state index contributed by atoms with van der Waals surface area (Å²) < 4.78 is 4.66. The molecule has 0 aliphatic carbocycles. The lowest BCUT2D eigenvalue weighted by Crippen LogP contribution is -1.98. The first-order chi connectivity index (χ1) is 10.1. The normalized spacial score (nSPS) is 10.8. The Kier molecular flexibility index (Phi) is 3.02. The molecule has 3 aromatic rings. The fourth-order valence-electron chi connectivity index (χ4n) is 2.08. The molecule has 0 amide bonds. The average Bonchev–Trinajstić information content (AvgIpc) is 2.91. The molecule has 3 rings (SSSR count). The van der Waals surface area contributed by atoms with E-state index in [-0.39, 0.29) is 11.4 Å². The minimum absolute atomic E-state index is 0.0728. The maximum absolute atomic E-state index is 11.2. The van der Waals surface area contributed by atoms with Crippen molar-refractivity contribution in [2.75, 3.05) is 5.32 Å². The second kappa shape index (κ2) is 4.86. The molecule has 0 saturated heterocycles. The molecule has 7 nitrogen and oxygen atoms in total. The number of aromatic nitrogens is 2. The Labute approximate surface area is 119 Å². The fourth-order valence-corrected chi connectivity index (χ4v) is 2.08. The van der Waals surface area contributed by atoms with E-state index in [1.165, 1.54) is 12.1 Å². The zero-order valence-corrected chi connectivity index (χ0v) is 11.5. The van der Waals surface area contributed by atoms with Crippen LogP contribution in [-0.2, 0) is 0 Å². The van der Waals surface area contributed by atoms with Crippen molar-refractivity contribution in [2.24, 2.45) is 0 Å². The van der Waals surface area contributed by atoms with Gasteiger partial charge >= 0.3 is 0 Å². The van der Waals surface area contributed by atoms with E-state index in [1.807, 2.05) is 32.0 Å². The summed E-state index contributed by atoms with van der Waals surface area (Å²) in [5.74, 6) is 0. The summed E-state index contributed by atoms with van der Waals surface area (Å²) in [7, 11) is 0. The summed E-state index contributed by atoms with van der Waals surface area (Å²) in [5.41, 5.74) is 3.99. The molecule has 0 bridgehead atoms. The minimum Gasteiger partial charge on any atom is -0.348 e. The van der Waals surface area contributed by atoms with E-state index in [9.17, 15) is 10.1 Å². The lowest BCUT2D eigenvalue weighted by molar-refractivity contribution is -0.383. The molecule has 0 unspecified atom stereocenters. The quantitative estimate of drug-likeness (QED) is 0.584. The largest absolute Gasteiger partial charge is 0.348 e. The molecule has 1 aromatic heterocycles. The van der Waals surface area contributed by atoms with Gasteiger partial charge in [-0.15, -0.1) is 0 Å². The highest BCUT2D eigenvalue weighted by atomic mass is 16.6. The number of rotatable bonds is 3. The lowest BCUT2D eigenvalue weighted by Gasteiger charge is -2.09. The van der Waals surface area contributed by atoms with Gasteiger partial charge in [-0.25, -0.2) is 4.63 Å². The molecule has 0 fully saturated rings. The number of nitrogens with one attached hydrogen (secondary N) is 1. The highest BCUT2D eigenvalue weighted by molar-refractivity contribution is 5.94. The zero-order valence-electron chi connectivity index (χ0n) is 11.5. The molecular weight excluding hydrogens is 272 g/mol. The number of nitro benzene ring substituents is 1. The van der Waals surface area contributed by atoms with Crippen LogP contribution in [0.25, 0.3) is 11.0 Å². The molecule has 0 spiro atoms. The van der Waals surface area contributed by atoms with E-state index in [0.29, 0.717) is 11.0 Å². The third-order valence-corrected chi connectivity index (χ3v) is 3.38. The Morgan fingerprint density at radius 2 is 1.95 bits per heavy atom. The Morgan fingerprint density at radius 3 is 2.67 bits per heavy atom. The second-order valence-electron chi connectivity index (χ2n) is 4.77. The molecule has 0 atom stereocenters. The van der Waals surface area contributed by atoms with Crippen LogP contribution in [0, 0.1) is 24.0 Å². The van der Waals surface area contributed by atoms with Crippen LogP contribution < -0.4 is 5.32 Å². The van der Waals surface area contributed by atoms with Crippen molar-refractivity contribution in [1.29, 1.82) is 0 Å². The SMILES string of the molecule is Cc1ccc(Nc2c([N+](=O)[O-])ccc3nonc23)cc1C. The molecule has 106 valence electrons. The third kappa shape index (κ3) is 2.29. The molecule has 21 heavy (non-hydrogen) atoms. The van der Waals surface area contributed by atoms with Crippen LogP contribution in [0.15, 0.2) is 35.0 Å². The maximum atomic E-state index is 11.2. The highest BCUT2D eigenvalue weighted by Crippen LogP contribution is 2.33. The van der Waals surface area contributed by atoms with Gasteiger partial charge in [0, 0.05) is 11.8 Å². The Morgan fingerprint density at radius 1 is 1.14 bits per heavy atom. The van der Waals surface area contributed by atoms with Crippen LogP contribution >= 0.6 is 0 Å². The van der Waals surface area contributed by atoms with E-state index < -0.39 is 4.92 Å². The standard InChI is InChI=1S/C14H12N4O3/c1-8-3-4-10(7-9(8)2)15-14-12(18(19)20)6-5-11-13(14)17-21-16-11/h3-7,15H,1-2H3. The van der Waals surface area contributed by atoms with Gasteiger partial charge in [0.15, 0.2) is 5.52 Å². The van der Waals surface area contributed by atoms with Gasteiger partial charge in [0.1, 0.15) is 11.2 Å². The van der Waals surface area contributed by atoms with Gasteiger partial charge in [0.05, 0.1) is 4.92 Å². The number of nitro groups is 1. The van der Waals surface area contributed by atoms with E-state index >= 15 is 0 Å². The molecule has 2 aromatic carbocycles. The summed E-state index contributed by atoms with van der Waals surface area (Å²) in [6.07, 6.45) is 0. The van der Waals surface area contributed by atoms with Gasteiger partial charge < -0.3 is 5.32 Å². The van der Waals surface area contributed by atoms with Gasteiger partial charge in [-0.1, -0.05) is 6.07 Å². The summed E-state index contributed by atoms with van der Waals surface area (Å²) >= 11 is 0. The molecular formula is C14H12N4O3. The van der Waals surface area contributed by atoms with Crippen molar-refractivity contribution >= 4 is 28.1 Å². The number of hydrogen-bond acceptors (Lipinski definition) is 6.